The predicted octanol–water partition coefficient (Wildman–Crippen LogP) is 2.43. The molecule has 1 atom stereocenters. The quantitative estimate of drug-likeness (QED) is 0.620. The van der Waals surface area contributed by atoms with Crippen LogP contribution in [0.3, 0.4) is 0 Å². The molecule has 0 spiro atoms. The Hall–Kier alpha value is -0.930. The number of rotatable bonds is 4. The maximum atomic E-state index is 5.77. The number of nitrogens with two attached hydrogens (primary N) is 1. The molecule has 1 saturated carbocycles. The summed E-state index contributed by atoms with van der Waals surface area (Å²) in [6, 6.07) is 4.47. The van der Waals surface area contributed by atoms with E-state index in [9.17, 15) is 0 Å². The summed E-state index contributed by atoms with van der Waals surface area (Å²) in [6.07, 6.45) is 11.3. The van der Waals surface area contributed by atoms with E-state index in [4.69, 9.17) is 5.84 Å². The van der Waals surface area contributed by atoms with Gasteiger partial charge in [-0.05, 0) is 36.3 Å². The van der Waals surface area contributed by atoms with Crippen LogP contribution in [0.15, 0.2) is 24.5 Å². The average molecular weight is 233 g/mol. The van der Waals surface area contributed by atoms with E-state index in [2.05, 4.69) is 23.4 Å². The van der Waals surface area contributed by atoms with E-state index in [-0.39, 0.29) is 0 Å². The van der Waals surface area contributed by atoms with Crippen LogP contribution in [0, 0.1) is 5.41 Å². The van der Waals surface area contributed by atoms with Crippen molar-refractivity contribution in [2.75, 3.05) is 0 Å². The topological polar surface area (TPSA) is 50.9 Å². The van der Waals surface area contributed by atoms with Crippen LogP contribution < -0.4 is 11.3 Å². The van der Waals surface area contributed by atoms with Gasteiger partial charge in [0.25, 0.3) is 0 Å². The molecular formula is C14H23N3. The third-order valence-electron chi connectivity index (χ3n) is 4.20. The number of hydrogen-bond donors (Lipinski definition) is 2. The van der Waals surface area contributed by atoms with Gasteiger partial charge in [-0.2, -0.15) is 0 Å². The SMILES string of the molecule is CC1(C(Cc2cccnc2)NN)CCCCC1. The highest BCUT2D eigenvalue weighted by Gasteiger charge is 2.34. The zero-order chi connectivity index (χ0) is 12.1. The van der Waals surface area contributed by atoms with Crippen LogP contribution in [0.5, 0.6) is 0 Å². The molecule has 0 aliphatic heterocycles. The van der Waals surface area contributed by atoms with Gasteiger partial charge in [-0.1, -0.05) is 32.3 Å². The third-order valence-corrected chi connectivity index (χ3v) is 4.20. The molecular weight excluding hydrogens is 210 g/mol. The molecule has 3 heteroatoms. The Morgan fingerprint density at radius 1 is 1.41 bits per heavy atom. The second-order valence-electron chi connectivity index (χ2n) is 5.50. The van der Waals surface area contributed by atoms with Gasteiger partial charge in [-0.15, -0.1) is 0 Å². The van der Waals surface area contributed by atoms with Crippen molar-refractivity contribution >= 4 is 0 Å². The summed E-state index contributed by atoms with van der Waals surface area (Å²) in [5.74, 6) is 5.77. The zero-order valence-corrected chi connectivity index (χ0v) is 10.7. The summed E-state index contributed by atoms with van der Waals surface area (Å²) < 4.78 is 0. The molecule has 1 unspecified atom stereocenters. The first-order chi connectivity index (χ1) is 8.24. The smallest absolute Gasteiger partial charge is 0.0305 e. The van der Waals surface area contributed by atoms with Crippen LogP contribution in [0.2, 0.25) is 0 Å². The summed E-state index contributed by atoms with van der Waals surface area (Å²) in [5.41, 5.74) is 4.64. The fraction of sp³-hybridized carbons (Fsp3) is 0.643. The normalized spacial score (nSPS) is 21.1. The van der Waals surface area contributed by atoms with Gasteiger partial charge in [0.1, 0.15) is 0 Å². The maximum Gasteiger partial charge on any atom is 0.0305 e. The zero-order valence-electron chi connectivity index (χ0n) is 10.7. The first kappa shape index (κ1) is 12.5. The lowest BCUT2D eigenvalue weighted by molar-refractivity contribution is 0.144. The first-order valence-corrected chi connectivity index (χ1v) is 6.60. The number of aromatic nitrogens is 1. The summed E-state index contributed by atoms with van der Waals surface area (Å²) in [6.45, 7) is 2.37. The van der Waals surface area contributed by atoms with Crippen molar-refractivity contribution in [1.29, 1.82) is 0 Å². The van der Waals surface area contributed by atoms with Gasteiger partial charge in [0.15, 0.2) is 0 Å². The lowest BCUT2D eigenvalue weighted by Crippen LogP contribution is -2.49. The van der Waals surface area contributed by atoms with Crippen LogP contribution in [0.1, 0.15) is 44.6 Å². The van der Waals surface area contributed by atoms with Gasteiger partial charge in [-0.3, -0.25) is 16.3 Å². The molecule has 1 heterocycles. The van der Waals surface area contributed by atoms with Crippen LogP contribution in [0.25, 0.3) is 0 Å². The average Bonchev–Trinajstić information content (AvgIpc) is 2.38. The summed E-state index contributed by atoms with van der Waals surface area (Å²) in [4.78, 5) is 4.17. The van der Waals surface area contributed by atoms with E-state index in [1.165, 1.54) is 37.7 Å². The van der Waals surface area contributed by atoms with E-state index < -0.39 is 0 Å². The molecule has 1 aliphatic rings. The third kappa shape index (κ3) is 3.05. The molecule has 2 rings (SSSR count). The van der Waals surface area contributed by atoms with E-state index in [1.54, 1.807) is 0 Å². The Labute approximate surface area is 104 Å². The Morgan fingerprint density at radius 3 is 2.76 bits per heavy atom. The number of hydrogen-bond acceptors (Lipinski definition) is 3. The lowest BCUT2D eigenvalue weighted by Gasteiger charge is -2.40. The van der Waals surface area contributed by atoms with Crippen molar-refractivity contribution in [2.45, 2.75) is 51.5 Å². The molecule has 94 valence electrons. The van der Waals surface area contributed by atoms with E-state index in [0.29, 0.717) is 11.5 Å². The first-order valence-electron chi connectivity index (χ1n) is 6.60. The van der Waals surface area contributed by atoms with E-state index in [1.807, 2.05) is 18.5 Å². The minimum atomic E-state index is 0.336. The Bertz CT molecular complexity index is 331. The van der Waals surface area contributed by atoms with Gasteiger partial charge in [0, 0.05) is 18.4 Å². The van der Waals surface area contributed by atoms with Crippen molar-refractivity contribution in [1.82, 2.24) is 10.4 Å². The fourth-order valence-electron chi connectivity index (χ4n) is 2.97. The molecule has 0 amide bonds. The summed E-state index contributed by atoms with van der Waals surface area (Å²) in [5, 5.41) is 0. The van der Waals surface area contributed by atoms with Crippen molar-refractivity contribution in [3.8, 4) is 0 Å². The Morgan fingerprint density at radius 2 is 2.18 bits per heavy atom. The Kier molecular flexibility index (Phi) is 4.13. The van der Waals surface area contributed by atoms with Crippen molar-refractivity contribution in [3.05, 3.63) is 30.1 Å². The fourth-order valence-corrected chi connectivity index (χ4v) is 2.97. The van der Waals surface area contributed by atoms with Gasteiger partial charge in [0.2, 0.25) is 0 Å². The number of hydrazine groups is 1. The highest BCUT2D eigenvalue weighted by atomic mass is 15.2. The van der Waals surface area contributed by atoms with Crippen molar-refractivity contribution < 1.29 is 0 Å². The van der Waals surface area contributed by atoms with Crippen molar-refractivity contribution in [2.24, 2.45) is 11.3 Å². The lowest BCUT2D eigenvalue weighted by atomic mass is 9.69. The van der Waals surface area contributed by atoms with Gasteiger partial charge < -0.3 is 0 Å². The molecule has 1 aromatic heterocycles. The minimum absolute atomic E-state index is 0.336. The van der Waals surface area contributed by atoms with Crippen LogP contribution in [-0.4, -0.2) is 11.0 Å². The molecule has 0 aromatic carbocycles. The standard InChI is InChI=1S/C14H23N3/c1-14(7-3-2-4-8-14)13(17-15)10-12-6-5-9-16-11-12/h5-6,9,11,13,17H,2-4,7-8,10,15H2,1H3. The monoisotopic (exact) mass is 233 g/mol. The van der Waals surface area contributed by atoms with Crippen molar-refractivity contribution in [3.63, 3.8) is 0 Å². The number of nitrogens with one attached hydrogen (secondary N) is 1. The molecule has 3 nitrogen and oxygen atoms in total. The molecule has 17 heavy (non-hydrogen) atoms. The van der Waals surface area contributed by atoms with Crippen LogP contribution in [-0.2, 0) is 6.42 Å². The molecule has 0 radical (unpaired) electrons. The highest BCUT2D eigenvalue weighted by Crippen LogP contribution is 2.39. The molecule has 0 saturated heterocycles. The second-order valence-corrected chi connectivity index (χ2v) is 5.50. The Balaban J connectivity index is 2.05. The molecule has 1 aromatic rings. The summed E-state index contributed by atoms with van der Waals surface area (Å²) in [7, 11) is 0. The maximum absolute atomic E-state index is 5.77. The highest BCUT2D eigenvalue weighted by molar-refractivity contribution is 5.11. The molecule has 0 bridgehead atoms. The predicted molar refractivity (Wildman–Crippen MR) is 70.2 cm³/mol. The minimum Gasteiger partial charge on any atom is -0.271 e. The van der Waals surface area contributed by atoms with Gasteiger partial charge in [0.05, 0.1) is 0 Å². The van der Waals surface area contributed by atoms with Gasteiger partial charge >= 0.3 is 0 Å². The van der Waals surface area contributed by atoms with Gasteiger partial charge in [-0.25, -0.2) is 0 Å². The molecule has 3 N–H and O–H groups in total. The van der Waals surface area contributed by atoms with E-state index in [0.717, 1.165) is 6.42 Å². The number of nitrogens with zero attached hydrogens (tertiary/aromatic N) is 1. The molecule has 1 fully saturated rings. The van der Waals surface area contributed by atoms with E-state index >= 15 is 0 Å². The second kappa shape index (κ2) is 5.61. The largest absolute Gasteiger partial charge is 0.271 e. The summed E-state index contributed by atoms with van der Waals surface area (Å²) >= 11 is 0. The molecule has 1 aliphatic carbocycles. The number of pyridine rings is 1. The van der Waals surface area contributed by atoms with Crippen LogP contribution >= 0.6 is 0 Å². The van der Waals surface area contributed by atoms with Crippen LogP contribution in [0.4, 0.5) is 0 Å².